The van der Waals surface area contributed by atoms with Crippen LogP contribution < -0.4 is 0 Å². The van der Waals surface area contributed by atoms with Crippen molar-refractivity contribution in [2.45, 2.75) is 62.6 Å². The second-order valence-electron chi connectivity index (χ2n) is 4.73. The van der Waals surface area contributed by atoms with Crippen molar-refractivity contribution in [3.05, 3.63) is 0 Å². The van der Waals surface area contributed by atoms with Crippen LogP contribution in [-0.2, 0) is 9.47 Å². The molecule has 4 atom stereocenters. The van der Waals surface area contributed by atoms with Gasteiger partial charge in [0.1, 0.15) is 0 Å². The molecule has 2 saturated heterocycles. The first-order chi connectivity index (χ1) is 7.66. The number of hydrogen-bond acceptors (Lipinski definition) is 4. The van der Waals surface area contributed by atoms with Crippen LogP contribution in [0.2, 0.25) is 0 Å². The molecule has 0 N–H and O–H groups in total. The molecule has 0 aromatic rings. The molecule has 2 heterocycles. The van der Waals surface area contributed by atoms with Crippen molar-refractivity contribution in [2.75, 3.05) is 11.5 Å². The molecular weight excluding hydrogens is 240 g/mol. The third kappa shape index (κ3) is 3.31. The van der Waals surface area contributed by atoms with E-state index < -0.39 is 0 Å². The number of hydrogen-bond donors (Lipinski definition) is 0. The monoisotopic (exact) mass is 262 g/mol. The van der Waals surface area contributed by atoms with Gasteiger partial charge in [-0.1, -0.05) is 0 Å². The van der Waals surface area contributed by atoms with Crippen molar-refractivity contribution in [1.29, 1.82) is 0 Å². The fourth-order valence-electron chi connectivity index (χ4n) is 2.31. The van der Waals surface area contributed by atoms with Crippen LogP contribution in [0.3, 0.4) is 0 Å². The highest BCUT2D eigenvalue weighted by atomic mass is 32.2. The van der Waals surface area contributed by atoms with Crippen molar-refractivity contribution >= 4 is 23.5 Å². The number of ether oxygens (including phenoxy) is 2. The first kappa shape index (κ1) is 13.1. The molecule has 0 aromatic heterocycles. The predicted octanol–water partition coefficient (Wildman–Crippen LogP) is 3.15. The molecule has 2 fully saturated rings. The zero-order valence-corrected chi connectivity index (χ0v) is 12.0. The molecule has 94 valence electrons. The summed E-state index contributed by atoms with van der Waals surface area (Å²) in [6.07, 6.45) is 3.66. The van der Waals surface area contributed by atoms with E-state index in [1.807, 2.05) is 0 Å². The smallest absolute Gasteiger partial charge is 0.0863 e. The van der Waals surface area contributed by atoms with Crippen molar-refractivity contribution in [3.8, 4) is 0 Å². The summed E-state index contributed by atoms with van der Waals surface area (Å²) in [6.45, 7) is 6.47. The van der Waals surface area contributed by atoms with Crippen LogP contribution in [0.5, 0.6) is 0 Å². The second-order valence-corrected chi connectivity index (χ2v) is 7.53. The minimum Gasteiger partial charge on any atom is -0.373 e. The first-order valence-electron chi connectivity index (χ1n) is 6.21. The molecule has 2 aliphatic heterocycles. The molecule has 4 heteroatoms. The summed E-state index contributed by atoms with van der Waals surface area (Å²) in [4.78, 5) is 0. The second kappa shape index (κ2) is 5.98. The van der Waals surface area contributed by atoms with Crippen LogP contribution in [-0.4, -0.2) is 40.5 Å². The lowest BCUT2D eigenvalue weighted by molar-refractivity contribution is -0.0367. The molecule has 0 amide bonds. The Morgan fingerprint density at radius 2 is 1.94 bits per heavy atom. The third-order valence-electron chi connectivity index (χ3n) is 3.16. The van der Waals surface area contributed by atoms with Gasteiger partial charge in [0.25, 0.3) is 0 Å². The van der Waals surface area contributed by atoms with Gasteiger partial charge in [0.05, 0.1) is 29.0 Å². The average molecular weight is 262 g/mol. The summed E-state index contributed by atoms with van der Waals surface area (Å²) in [5.74, 6) is 2.58. The van der Waals surface area contributed by atoms with Gasteiger partial charge >= 0.3 is 0 Å². The fourth-order valence-corrected chi connectivity index (χ4v) is 5.21. The molecule has 0 spiro atoms. The lowest BCUT2D eigenvalue weighted by Crippen LogP contribution is -2.32. The molecule has 0 saturated carbocycles. The largest absolute Gasteiger partial charge is 0.373 e. The Balaban J connectivity index is 1.79. The van der Waals surface area contributed by atoms with Gasteiger partial charge < -0.3 is 9.47 Å². The van der Waals surface area contributed by atoms with E-state index in [1.54, 1.807) is 0 Å². The topological polar surface area (TPSA) is 18.5 Å². The zero-order chi connectivity index (χ0) is 11.5. The Morgan fingerprint density at radius 3 is 2.50 bits per heavy atom. The van der Waals surface area contributed by atoms with Crippen LogP contribution in [0.25, 0.3) is 0 Å². The lowest BCUT2D eigenvalue weighted by Gasteiger charge is -2.29. The molecule has 0 radical (unpaired) electrons. The fraction of sp³-hybridized carbons (Fsp3) is 1.00. The van der Waals surface area contributed by atoms with Gasteiger partial charge in [-0.25, -0.2) is 0 Å². The van der Waals surface area contributed by atoms with Gasteiger partial charge in [-0.2, -0.15) is 0 Å². The zero-order valence-electron chi connectivity index (χ0n) is 10.3. The van der Waals surface area contributed by atoms with Gasteiger partial charge in [0.15, 0.2) is 0 Å². The van der Waals surface area contributed by atoms with E-state index in [-0.39, 0.29) is 6.10 Å². The van der Waals surface area contributed by atoms with Crippen LogP contribution in [0, 0.1) is 0 Å². The highest BCUT2D eigenvalue weighted by Crippen LogP contribution is 2.35. The molecule has 1 unspecified atom stereocenters. The Bertz CT molecular complexity index is 219. The number of thioether (sulfide) groups is 2. The summed E-state index contributed by atoms with van der Waals surface area (Å²) in [6, 6.07) is 0. The van der Waals surface area contributed by atoms with Gasteiger partial charge in [0.2, 0.25) is 0 Å². The molecule has 0 aliphatic carbocycles. The summed E-state index contributed by atoms with van der Waals surface area (Å²) in [5, 5.41) is 0. The number of rotatable bonds is 3. The van der Waals surface area contributed by atoms with Crippen molar-refractivity contribution in [3.63, 3.8) is 0 Å². The van der Waals surface area contributed by atoms with Crippen molar-refractivity contribution in [2.24, 2.45) is 0 Å². The van der Waals surface area contributed by atoms with E-state index in [2.05, 4.69) is 44.3 Å². The molecule has 2 aliphatic rings. The summed E-state index contributed by atoms with van der Waals surface area (Å²) in [5.41, 5.74) is 0. The van der Waals surface area contributed by atoms with E-state index >= 15 is 0 Å². The Labute approximate surface area is 107 Å². The highest BCUT2D eigenvalue weighted by molar-refractivity contribution is 8.17. The maximum Gasteiger partial charge on any atom is 0.0863 e. The Hall–Kier alpha value is 0.620. The third-order valence-corrected chi connectivity index (χ3v) is 6.45. The molecule has 2 rings (SSSR count). The first-order valence-corrected chi connectivity index (χ1v) is 8.30. The molecule has 0 bridgehead atoms. The molecule has 16 heavy (non-hydrogen) atoms. The van der Waals surface area contributed by atoms with Gasteiger partial charge in [0, 0.05) is 6.42 Å². The van der Waals surface area contributed by atoms with Gasteiger partial charge in [-0.15, -0.1) is 23.5 Å². The lowest BCUT2D eigenvalue weighted by atomic mass is 10.1. The molecule has 2 nitrogen and oxygen atoms in total. The van der Waals surface area contributed by atoms with E-state index in [1.165, 1.54) is 17.9 Å². The van der Waals surface area contributed by atoms with Crippen LogP contribution in [0.15, 0.2) is 0 Å². The summed E-state index contributed by atoms with van der Waals surface area (Å²) >= 11 is 4.11. The SMILES string of the molecule is CC(O[C@@H]1C[C@H](C)O[C@@H]1C)C1SCCCS1. The van der Waals surface area contributed by atoms with Crippen molar-refractivity contribution < 1.29 is 9.47 Å². The summed E-state index contributed by atoms with van der Waals surface area (Å²) in [7, 11) is 0. The Kier molecular flexibility index (Phi) is 4.89. The van der Waals surface area contributed by atoms with Crippen LogP contribution in [0.1, 0.15) is 33.6 Å². The van der Waals surface area contributed by atoms with E-state index in [0.717, 1.165) is 6.42 Å². The minimum absolute atomic E-state index is 0.260. The average Bonchev–Trinajstić information content (AvgIpc) is 2.59. The maximum atomic E-state index is 6.17. The maximum absolute atomic E-state index is 6.17. The quantitative estimate of drug-likeness (QED) is 0.777. The van der Waals surface area contributed by atoms with Gasteiger partial charge in [-0.3, -0.25) is 0 Å². The van der Waals surface area contributed by atoms with Crippen molar-refractivity contribution in [1.82, 2.24) is 0 Å². The normalized spacial score (nSPS) is 38.8. The van der Waals surface area contributed by atoms with Gasteiger partial charge in [-0.05, 0) is 38.7 Å². The van der Waals surface area contributed by atoms with E-state index in [4.69, 9.17) is 9.47 Å². The standard InChI is InChI=1S/C12H22O2S2/c1-8-7-11(9(2)13-8)14-10(3)12-15-5-4-6-16-12/h8-12H,4-7H2,1-3H3/t8-,9+,10?,11+/m0/s1. The molecular formula is C12H22O2S2. The van der Waals surface area contributed by atoms with Crippen LogP contribution >= 0.6 is 23.5 Å². The predicted molar refractivity (Wildman–Crippen MR) is 72.3 cm³/mol. The molecule has 0 aromatic carbocycles. The minimum atomic E-state index is 0.260. The summed E-state index contributed by atoms with van der Waals surface area (Å²) < 4.78 is 12.5. The van der Waals surface area contributed by atoms with E-state index in [0.29, 0.717) is 22.9 Å². The Morgan fingerprint density at radius 1 is 1.25 bits per heavy atom. The van der Waals surface area contributed by atoms with Crippen LogP contribution in [0.4, 0.5) is 0 Å². The highest BCUT2D eigenvalue weighted by Gasteiger charge is 2.33. The van der Waals surface area contributed by atoms with E-state index in [9.17, 15) is 0 Å².